The normalized spacial score (nSPS) is 10.8. The average molecular weight is 333 g/mol. The Morgan fingerprint density at radius 2 is 1.75 bits per heavy atom. The Kier molecular flexibility index (Phi) is 3.84. The van der Waals surface area contributed by atoms with Gasteiger partial charge in [-0.25, -0.2) is 4.98 Å². The lowest BCUT2D eigenvalue weighted by Gasteiger charge is -2.04. The summed E-state index contributed by atoms with van der Waals surface area (Å²) in [6, 6.07) is 19.5. The lowest BCUT2D eigenvalue weighted by Crippen LogP contribution is -2.15. The summed E-state index contributed by atoms with van der Waals surface area (Å²) in [7, 11) is 0. The zero-order valence-corrected chi connectivity index (χ0v) is 13.7. The van der Waals surface area contributed by atoms with Crippen molar-refractivity contribution in [2.45, 2.75) is 6.42 Å². The maximum absolute atomic E-state index is 12.3. The highest BCUT2D eigenvalue weighted by atomic mass is 32.1. The standard InChI is InChI=1S/C19H15N3OS/c23-18(20-15-9-5-2-6-10-15)11-16-13-24-19-21-17(12-22(16)19)14-7-3-1-4-8-14/h1-10,12-13H,11H2,(H,20,23). The largest absolute Gasteiger partial charge is 0.326 e. The van der Waals surface area contributed by atoms with Crippen molar-refractivity contribution in [3.05, 3.63) is 77.9 Å². The molecule has 24 heavy (non-hydrogen) atoms. The van der Waals surface area contributed by atoms with Crippen LogP contribution in [0, 0.1) is 0 Å². The number of anilines is 1. The maximum atomic E-state index is 12.3. The minimum absolute atomic E-state index is 0.0316. The van der Waals surface area contributed by atoms with Gasteiger partial charge in [-0.3, -0.25) is 9.20 Å². The molecule has 2 heterocycles. The van der Waals surface area contributed by atoms with Gasteiger partial charge in [0.05, 0.1) is 12.1 Å². The molecule has 2 aromatic carbocycles. The number of imidazole rings is 1. The highest BCUT2D eigenvalue weighted by Crippen LogP contribution is 2.23. The molecule has 0 aliphatic heterocycles. The summed E-state index contributed by atoms with van der Waals surface area (Å²) in [6.45, 7) is 0. The quantitative estimate of drug-likeness (QED) is 0.607. The van der Waals surface area contributed by atoms with Crippen molar-refractivity contribution in [2.75, 3.05) is 5.32 Å². The molecule has 0 atom stereocenters. The van der Waals surface area contributed by atoms with Crippen LogP contribution in [-0.4, -0.2) is 15.3 Å². The van der Waals surface area contributed by atoms with Gasteiger partial charge in [-0.2, -0.15) is 0 Å². The molecule has 0 unspecified atom stereocenters. The van der Waals surface area contributed by atoms with E-state index in [0.717, 1.165) is 27.6 Å². The van der Waals surface area contributed by atoms with Crippen LogP contribution >= 0.6 is 11.3 Å². The van der Waals surface area contributed by atoms with Gasteiger partial charge in [0.25, 0.3) is 0 Å². The van der Waals surface area contributed by atoms with Crippen molar-refractivity contribution in [1.82, 2.24) is 9.38 Å². The van der Waals surface area contributed by atoms with Gasteiger partial charge in [-0.1, -0.05) is 48.5 Å². The number of para-hydroxylation sites is 1. The van der Waals surface area contributed by atoms with Crippen LogP contribution in [0.4, 0.5) is 5.69 Å². The van der Waals surface area contributed by atoms with E-state index in [2.05, 4.69) is 10.3 Å². The van der Waals surface area contributed by atoms with Crippen molar-refractivity contribution in [3.63, 3.8) is 0 Å². The van der Waals surface area contributed by atoms with Crippen LogP contribution in [0.2, 0.25) is 0 Å². The molecule has 4 nitrogen and oxygen atoms in total. The third-order valence-corrected chi connectivity index (χ3v) is 4.64. The maximum Gasteiger partial charge on any atom is 0.230 e. The molecule has 2 aromatic heterocycles. The van der Waals surface area contributed by atoms with Gasteiger partial charge >= 0.3 is 0 Å². The number of carbonyl (C=O) groups is 1. The topological polar surface area (TPSA) is 46.4 Å². The molecular formula is C19H15N3OS. The molecule has 0 radical (unpaired) electrons. The number of carbonyl (C=O) groups excluding carboxylic acids is 1. The highest BCUT2D eigenvalue weighted by molar-refractivity contribution is 7.15. The van der Waals surface area contributed by atoms with Crippen LogP contribution in [0.15, 0.2) is 72.2 Å². The fourth-order valence-electron chi connectivity index (χ4n) is 2.60. The smallest absolute Gasteiger partial charge is 0.230 e. The predicted octanol–water partition coefficient (Wildman–Crippen LogP) is 4.24. The summed E-state index contributed by atoms with van der Waals surface area (Å²) in [5, 5.41) is 4.90. The van der Waals surface area contributed by atoms with Gasteiger partial charge in [0, 0.05) is 28.5 Å². The molecule has 0 aliphatic carbocycles. The summed E-state index contributed by atoms with van der Waals surface area (Å²) >= 11 is 1.55. The van der Waals surface area contributed by atoms with E-state index in [4.69, 9.17) is 0 Å². The number of nitrogens with zero attached hydrogens (tertiary/aromatic N) is 2. The number of rotatable bonds is 4. The fraction of sp³-hybridized carbons (Fsp3) is 0.0526. The van der Waals surface area contributed by atoms with Gasteiger partial charge in [0.1, 0.15) is 0 Å². The monoisotopic (exact) mass is 333 g/mol. The number of hydrogen-bond donors (Lipinski definition) is 1. The number of hydrogen-bond acceptors (Lipinski definition) is 3. The second kappa shape index (κ2) is 6.29. The number of amides is 1. The summed E-state index contributed by atoms with van der Waals surface area (Å²) in [5.41, 5.74) is 3.75. The van der Waals surface area contributed by atoms with Crippen LogP contribution in [0.3, 0.4) is 0 Å². The number of fused-ring (bicyclic) bond motifs is 1. The molecule has 1 amide bonds. The van der Waals surface area contributed by atoms with Crippen LogP contribution in [0.1, 0.15) is 5.69 Å². The molecule has 0 saturated heterocycles. The van der Waals surface area contributed by atoms with Crippen LogP contribution in [0.5, 0.6) is 0 Å². The van der Waals surface area contributed by atoms with E-state index in [1.165, 1.54) is 0 Å². The molecule has 118 valence electrons. The lowest BCUT2D eigenvalue weighted by atomic mass is 10.2. The van der Waals surface area contributed by atoms with Crippen molar-refractivity contribution in [2.24, 2.45) is 0 Å². The number of thiazole rings is 1. The van der Waals surface area contributed by atoms with Crippen molar-refractivity contribution in [1.29, 1.82) is 0 Å². The van der Waals surface area contributed by atoms with E-state index >= 15 is 0 Å². The number of benzene rings is 2. The Hall–Kier alpha value is -2.92. The second-order valence-electron chi connectivity index (χ2n) is 5.46. The minimum Gasteiger partial charge on any atom is -0.326 e. The van der Waals surface area contributed by atoms with E-state index in [0.29, 0.717) is 6.42 Å². The molecule has 5 heteroatoms. The number of aromatic nitrogens is 2. The second-order valence-corrected chi connectivity index (χ2v) is 6.30. The highest BCUT2D eigenvalue weighted by Gasteiger charge is 2.12. The first-order chi connectivity index (χ1) is 11.8. The Morgan fingerprint density at radius 1 is 1.04 bits per heavy atom. The third kappa shape index (κ3) is 2.94. The molecule has 0 aliphatic rings. The third-order valence-electron chi connectivity index (χ3n) is 3.75. The summed E-state index contributed by atoms with van der Waals surface area (Å²) < 4.78 is 2.00. The molecule has 0 saturated carbocycles. The van der Waals surface area contributed by atoms with Crippen molar-refractivity contribution in [3.8, 4) is 11.3 Å². The number of nitrogens with one attached hydrogen (secondary N) is 1. The molecule has 4 rings (SSSR count). The fourth-order valence-corrected chi connectivity index (χ4v) is 3.47. The SMILES string of the molecule is O=C(Cc1csc2nc(-c3ccccc3)cn12)Nc1ccccc1. The van der Waals surface area contributed by atoms with E-state index < -0.39 is 0 Å². The van der Waals surface area contributed by atoms with E-state index in [1.54, 1.807) is 11.3 Å². The van der Waals surface area contributed by atoms with E-state index in [1.807, 2.05) is 76.6 Å². The molecule has 4 aromatic rings. The minimum atomic E-state index is -0.0316. The Balaban J connectivity index is 1.56. The van der Waals surface area contributed by atoms with E-state index in [-0.39, 0.29) is 5.91 Å². The van der Waals surface area contributed by atoms with Crippen LogP contribution in [-0.2, 0) is 11.2 Å². The molecule has 0 spiro atoms. The van der Waals surface area contributed by atoms with Gasteiger partial charge in [-0.15, -0.1) is 11.3 Å². The van der Waals surface area contributed by atoms with Gasteiger partial charge in [0.2, 0.25) is 5.91 Å². The summed E-state index contributed by atoms with van der Waals surface area (Å²) in [5.74, 6) is -0.0316. The van der Waals surface area contributed by atoms with Crippen LogP contribution < -0.4 is 5.32 Å². The predicted molar refractivity (Wildman–Crippen MR) is 97.3 cm³/mol. The van der Waals surface area contributed by atoms with Crippen LogP contribution in [0.25, 0.3) is 16.2 Å². The summed E-state index contributed by atoms with van der Waals surface area (Å²) in [4.78, 5) is 17.8. The molecule has 1 N–H and O–H groups in total. The first kappa shape index (κ1) is 14.7. The zero-order chi connectivity index (χ0) is 16.4. The molecule has 0 fully saturated rings. The zero-order valence-electron chi connectivity index (χ0n) is 12.8. The van der Waals surface area contributed by atoms with Gasteiger partial charge in [0.15, 0.2) is 4.96 Å². The van der Waals surface area contributed by atoms with Gasteiger partial charge in [-0.05, 0) is 12.1 Å². The molecule has 0 bridgehead atoms. The Bertz CT molecular complexity index is 974. The Morgan fingerprint density at radius 3 is 2.50 bits per heavy atom. The lowest BCUT2D eigenvalue weighted by molar-refractivity contribution is -0.115. The van der Waals surface area contributed by atoms with Crippen molar-refractivity contribution >= 4 is 27.9 Å². The first-order valence-corrected chi connectivity index (χ1v) is 8.53. The molecular weight excluding hydrogens is 318 g/mol. The first-order valence-electron chi connectivity index (χ1n) is 7.65. The Labute approximate surface area is 143 Å². The average Bonchev–Trinajstić information content (AvgIpc) is 3.19. The van der Waals surface area contributed by atoms with Crippen molar-refractivity contribution < 1.29 is 4.79 Å². The van der Waals surface area contributed by atoms with E-state index in [9.17, 15) is 4.79 Å². The van der Waals surface area contributed by atoms with Gasteiger partial charge < -0.3 is 5.32 Å². The summed E-state index contributed by atoms with van der Waals surface area (Å²) in [6.07, 6.45) is 2.31.